The van der Waals surface area contributed by atoms with Crippen molar-refractivity contribution in [2.45, 2.75) is 9.37 Å². The van der Waals surface area contributed by atoms with Gasteiger partial charge in [-0.2, -0.15) is 12.8 Å². The number of ketones is 1. The maximum absolute atomic E-state index is 12.8. The molecule has 0 unspecified atom stereocenters. The van der Waals surface area contributed by atoms with Gasteiger partial charge in [0.15, 0.2) is 0 Å². The summed E-state index contributed by atoms with van der Waals surface area (Å²) in [7, 11) is -3.97. The number of hydrogen-bond acceptors (Lipinski definition) is 7. The Labute approximate surface area is 167 Å². The van der Waals surface area contributed by atoms with Crippen molar-refractivity contribution in [2.75, 3.05) is 0 Å². The van der Waals surface area contributed by atoms with Gasteiger partial charge in [-0.05, 0) is 30.0 Å². The molecule has 0 aliphatic heterocycles. The highest BCUT2D eigenvalue weighted by Crippen LogP contribution is 2.33. The molecule has 0 radical (unpaired) electrons. The summed E-state index contributed by atoms with van der Waals surface area (Å²) in [4.78, 5) is 17.0. The zero-order valence-electron chi connectivity index (χ0n) is 13.3. The molecule has 1 aromatic carbocycles. The third-order valence-corrected chi connectivity index (χ3v) is 7.45. The summed E-state index contributed by atoms with van der Waals surface area (Å²) in [5.41, 5.74) is 0.997. The molecule has 2 heterocycles. The molecule has 0 saturated carbocycles. The number of allylic oxidation sites excluding steroid dienone is 2. The van der Waals surface area contributed by atoms with Crippen molar-refractivity contribution in [1.29, 1.82) is 0 Å². The molecule has 27 heavy (non-hydrogen) atoms. The Kier molecular flexibility index (Phi) is 4.72. The van der Waals surface area contributed by atoms with Gasteiger partial charge >= 0.3 is 0 Å². The van der Waals surface area contributed by atoms with E-state index in [1.165, 1.54) is 24.5 Å². The lowest BCUT2D eigenvalue weighted by Crippen LogP contribution is -2.17. The van der Waals surface area contributed by atoms with Gasteiger partial charge in [0.2, 0.25) is 10.9 Å². The van der Waals surface area contributed by atoms with E-state index in [-0.39, 0.29) is 20.6 Å². The van der Waals surface area contributed by atoms with E-state index in [0.717, 1.165) is 23.1 Å². The SMILES string of the molecule is O=C1C(Sc2nc[nH]n2)=C/C(=N/S(=O)(=O)c2ccc(Cl)s2)c2ccccc21. The molecule has 0 saturated heterocycles. The summed E-state index contributed by atoms with van der Waals surface area (Å²) in [6.45, 7) is 0. The lowest BCUT2D eigenvalue weighted by atomic mass is 9.94. The molecule has 1 aliphatic rings. The Balaban J connectivity index is 1.83. The Morgan fingerprint density at radius 2 is 1.93 bits per heavy atom. The van der Waals surface area contributed by atoms with Crippen LogP contribution in [0.1, 0.15) is 15.9 Å². The second-order valence-electron chi connectivity index (χ2n) is 5.28. The van der Waals surface area contributed by atoms with Gasteiger partial charge in [-0.1, -0.05) is 35.9 Å². The smallest absolute Gasteiger partial charge is 0.288 e. The summed E-state index contributed by atoms with van der Waals surface area (Å²) in [6.07, 6.45) is 2.84. The van der Waals surface area contributed by atoms with Crippen molar-refractivity contribution in [2.24, 2.45) is 4.40 Å². The van der Waals surface area contributed by atoms with E-state index in [9.17, 15) is 13.2 Å². The number of halogens is 1. The molecular weight excluding hydrogens is 428 g/mol. The summed E-state index contributed by atoms with van der Waals surface area (Å²) in [6, 6.07) is 9.62. The zero-order valence-corrected chi connectivity index (χ0v) is 16.5. The first-order valence-electron chi connectivity index (χ1n) is 7.44. The normalized spacial score (nSPS) is 15.7. The van der Waals surface area contributed by atoms with E-state index in [4.69, 9.17) is 11.6 Å². The number of fused-ring (bicyclic) bond motifs is 1. The van der Waals surface area contributed by atoms with Crippen LogP contribution in [0.5, 0.6) is 0 Å². The third kappa shape index (κ3) is 3.61. The van der Waals surface area contributed by atoms with Crippen LogP contribution in [0.3, 0.4) is 0 Å². The van der Waals surface area contributed by atoms with Gasteiger partial charge in [-0.15, -0.1) is 16.4 Å². The van der Waals surface area contributed by atoms with Crippen LogP contribution in [0.2, 0.25) is 4.34 Å². The van der Waals surface area contributed by atoms with Crippen LogP contribution in [-0.4, -0.2) is 35.1 Å². The minimum absolute atomic E-state index is 0.0333. The van der Waals surface area contributed by atoms with E-state index < -0.39 is 10.0 Å². The molecule has 7 nitrogen and oxygen atoms in total. The number of carbonyl (C=O) groups is 1. The molecule has 0 bridgehead atoms. The molecule has 0 atom stereocenters. The van der Waals surface area contributed by atoms with Crippen molar-refractivity contribution in [1.82, 2.24) is 15.2 Å². The number of thioether (sulfide) groups is 1. The molecule has 0 spiro atoms. The first-order valence-corrected chi connectivity index (χ1v) is 10.9. The van der Waals surface area contributed by atoms with Gasteiger partial charge in [0.25, 0.3) is 10.0 Å². The Bertz CT molecular complexity index is 1200. The topological polar surface area (TPSA) is 105 Å². The number of nitrogens with one attached hydrogen (secondary N) is 1. The van der Waals surface area contributed by atoms with Gasteiger partial charge < -0.3 is 0 Å². The fraction of sp³-hybridized carbons (Fsp3) is 0. The van der Waals surface area contributed by atoms with Crippen LogP contribution in [0, 0.1) is 0 Å². The van der Waals surface area contributed by atoms with Gasteiger partial charge in [-0.25, -0.2) is 4.98 Å². The lowest BCUT2D eigenvalue weighted by molar-refractivity contribution is 0.104. The number of aromatic nitrogens is 3. The van der Waals surface area contributed by atoms with Crippen molar-refractivity contribution in [3.8, 4) is 0 Å². The van der Waals surface area contributed by atoms with E-state index in [0.29, 0.717) is 20.6 Å². The van der Waals surface area contributed by atoms with Gasteiger partial charge in [0.05, 0.1) is 15.0 Å². The van der Waals surface area contributed by atoms with Crippen molar-refractivity contribution in [3.63, 3.8) is 0 Å². The minimum Gasteiger partial charge on any atom is -0.288 e. The highest BCUT2D eigenvalue weighted by Gasteiger charge is 2.27. The average Bonchev–Trinajstić information content (AvgIpc) is 3.31. The molecule has 136 valence electrons. The van der Waals surface area contributed by atoms with E-state index in [2.05, 4.69) is 19.6 Å². The minimum atomic E-state index is -3.97. The van der Waals surface area contributed by atoms with Gasteiger partial charge in [0, 0.05) is 11.1 Å². The largest absolute Gasteiger partial charge is 0.292 e. The molecule has 2 aromatic heterocycles. The maximum atomic E-state index is 12.8. The van der Waals surface area contributed by atoms with Crippen LogP contribution in [0.4, 0.5) is 0 Å². The molecule has 1 aliphatic carbocycles. The summed E-state index contributed by atoms with van der Waals surface area (Å²) >= 11 is 7.80. The first kappa shape index (κ1) is 18.1. The number of aromatic amines is 1. The predicted molar refractivity (Wildman–Crippen MR) is 104 cm³/mol. The highest BCUT2D eigenvalue weighted by molar-refractivity contribution is 8.04. The number of hydrogen-bond donors (Lipinski definition) is 1. The van der Waals surface area contributed by atoms with E-state index in [1.807, 2.05) is 0 Å². The van der Waals surface area contributed by atoms with Gasteiger partial charge in [-0.3, -0.25) is 9.89 Å². The Morgan fingerprint density at radius 3 is 2.59 bits per heavy atom. The summed E-state index contributed by atoms with van der Waals surface area (Å²) in [5.74, 6) is -0.240. The Hall–Kier alpha value is -2.27. The number of rotatable bonds is 4. The van der Waals surface area contributed by atoms with Crippen LogP contribution < -0.4 is 0 Å². The third-order valence-electron chi connectivity index (χ3n) is 3.55. The van der Waals surface area contributed by atoms with Crippen LogP contribution in [-0.2, 0) is 10.0 Å². The molecule has 0 fully saturated rings. The average molecular weight is 437 g/mol. The lowest BCUT2D eigenvalue weighted by Gasteiger charge is -2.16. The molecule has 3 aromatic rings. The molecule has 11 heteroatoms. The summed E-state index contributed by atoms with van der Waals surface area (Å²) < 4.78 is 29.6. The second-order valence-corrected chi connectivity index (χ2v) is 9.83. The van der Waals surface area contributed by atoms with Crippen molar-refractivity contribution in [3.05, 3.63) is 69.2 Å². The van der Waals surface area contributed by atoms with Crippen LogP contribution in [0.25, 0.3) is 0 Å². The summed E-state index contributed by atoms with van der Waals surface area (Å²) in [5, 5.41) is 6.83. The zero-order chi connectivity index (χ0) is 19.0. The van der Waals surface area contributed by atoms with Crippen LogP contribution in [0.15, 0.2) is 67.5 Å². The van der Waals surface area contributed by atoms with Gasteiger partial charge in [0.1, 0.15) is 10.5 Å². The molecule has 4 rings (SSSR count). The number of nitrogens with zero attached hydrogens (tertiary/aromatic N) is 3. The molecule has 0 amide bonds. The number of carbonyl (C=O) groups excluding carboxylic acids is 1. The fourth-order valence-electron chi connectivity index (χ4n) is 2.41. The Morgan fingerprint density at radius 1 is 1.15 bits per heavy atom. The highest BCUT2D eigenvalue weighted by atomic mass is 35.5. The fourth-order valence-corrected chi connectivity index (χ4v) is 5.64. The number of Topliss-reactive ketones (excluding diaryl/α,β-unsaturated/α-hetero) is 1. The maximum Gasteiger partial charge on any atom is 0.292 e. The number of thiophene rings is 1. The van der Waals surface area contributed by atoms with E-state index >= 15 is 0 Å². The first-order chi connectivity index (χ1) is 12.9. The second kappa shape index (κ2) is 7.04. The van der Waals surface area contributed by atoms with Crippen molar-refractivity contribution >= 4 is 56.2 Å². The van der Waals surface area contributed by atoms with E-state index in [1.54, 1.807) is 24.3 Å². The molecular formula is C16H9ClN4O3S3. The van der Waals surface area contributed by atoms with Crippen LogP contribution >= 0.6 is 34.7 Å². The number of H-pyrrole nitrogens is 1. The monoisotopic (exact) mass is 436 g/mol. The number of benzene rings is 1. The molecule has 1 N–H and O–H groups in total. The predicted octanol–water partition coefficient (Wildman–Crippen LogP) is 3.57. The number of sulfonamides is 1. The van der Waals surface area contributed by atoms with Crippen molar-refractivity contribution < 1.29 is 13.2 Å². The standard InChI is InChI=1S/C16H9ClN4O3S3/c17-13-5-6-14(26-13)27(23,24)21-11-7-12(25-16-18-8-19-20-16)15(22)10-4-2-1-3-9(10)11/h1-8H,(H,18,19,20)/b21-11-. The quantitative estimate of drug-likeness (QED) is 0.670.